The van der Waals surface area contributed by atoms with Crippen molar-refractivity contribution in [1.82, 2.24) is 0 Å². The summed E-state index contributed by atoms with van der Waals surface area (Å²) in [5, 5.41) is 0. The molecule has 0 aromatic heterocycles. The maximum absolute atomic E-state index is 11.9. The monoisotopic (exact) mass is 282 g/mol. The van der Waals surface area contributed by atoms with Crippen molar-refractivity contribution in [3.05, 3.63) is 23.8 Å². The van der Waals surface area contributed by atoms with E-state index in [2.05, 4.69) is 6.58 Å². The Balaban J connectivity index is 2.97. The molecule has 0 aromatic carbocycles. The van der Waals surface area contributed by atoms with E-state index in [-0.39, 0.29) is 19.4 Å². The van der Waals surface area contributed by atoms with Gasteiger partial charge in [0, 0.05) is 6.92 Å². The van der Waals surface area contributed by atoms with E-state index < -0.39 is 23.3 Å². The minimum atomic E-state index is -1.39. The van der Waals surface area contributed by atoms with Crippen LogP contribution in [-0.4, -0.2) is 38.7 Å². The van der Waals surface area contributed by atoms with Gasteiger partial charge in [0.1, 0.15) is 6.61 Å². The molecule has 0 amide bonds. The molecule has 1 aliphatic rings. The third-order valence-electron chi connectivity index (χ3n) is 3.23. The Bertz CT molecular complexity index is 458. The zero-order chi connectivity index (χ0) is 15.3. The first kappa shape index (κ1) is 15.9. The van der Waals surface area contributed by atoms with Crippen LogP contribution in [0.3, 0.4) is 0 Å². The molecular formula is C14H18O6. The van der Waals surface area contributed by atoms with Crippen LogP contribution in [0.25, 0.3) is 0 Å². The standard InChI is InChI=1S/C14H18O6/c1-9-7-14(12(16)18-3,13(17)19-4)8-11(9)5-6-20-10(2)15/h5H,1,6-8H2,2-4H3/b11-5-. The van der Waals surface area contributed by atoms with Gasteiger partial charge in [0.15, 0.2) is 5.41 Å². The van der Waals surface area contributed by atoms with Crippen molar-refractivity contribution < 1.29 is 28.6 Å². The molecule has 0 radical (unpaired) electrons. The van der Waals surface area contributed by atoms with Crippen LogP contribution in [0.15, 0.2) is 23.8 Å². The number of allylic oxidation sites excluding steroid dienone is 2. The van der Waals surface area contributed by atoms with E-state index in [1.807, 2.05) is 0 Å². The van der Waals surface area contributed by atoms with Crippen molar-refractivity contribution in [2.75, 3.05) is 20.8 Å². The second-order valence-electron chi connectivity index (χ2n) is 4.55. The summed E-state index contributed by atoms with van der Waals surface area (Å²) in [6, 6.07) is 0. The number of methoxy groups -OCH3 is 2. The van der Waals surface area contributed by atoms with Crippen LogP contribution >= 0.6 is 0 Å². The van der Waals surface area contributed by atoms with E-state index in [9.17, 15) is 14.4 Å². The molecule has 1 saturated carbocycles. The Morgan fingerprint density at radius 2 is 1.75 bits per heavy atom. The highest BCUT2D eigenvalue weighted by Gasteiger charge is 2.53. The van der Waals surface area contributed by atoms with Gasteiger partial charge < -0.3 is 14.2 Å². The van der Waals surface area contributed by atoms with Crippen molar-refractivity contribution in [2.24, 2.45) is 5.41 Å². The molecule has 6 nitrogen and oxygen atoms in total. The van der Waals surface area contributed by atoms with Crippen LogP contribution in [0.5, 0.6) is 0 Å². The van der Waals surface area contributed by atoms with Crippen molar-refractivity contribution in [3.63, 3.8) is 0 Å². The average molecular weight is 282 g/mol. The Hall–Kier alpha value is -2.11. The van der Waals surface area contributed by atoms with Crippen LogP contribution in [0.4, 0.5) is 0 Å². The first-order chi connectivity index (χ1) is 9.37. The first-order valence-corrected chi connectivity index (χ1v) is 6.04. The van der Waals surface area contributed by atoms with Gasteiger partial charge in [0.2, 0.25) is 0 Å². The second kappa shape index (κ2) is 6.36. The molecule has 20 heavy (non-hydrogen) atoms. The number of rotatable bonds is 4. The van der Waals surface area contributed by atoms with Crippen LogP contribution in [0.2, 0.25) is 0 Å². The van der Waals surface area contributed by atoms with Crippen molar-refractivity contribution in [3.8, 4) is 0 Å². The van der Waals surface area contributed by atoms with E-state index in [0.29, 0.717) is 11.1 Å². The molecule has 0 atom stereocenters. The van der Waals surface area contributed by atoms with E-state index in [4.69, 9.17) is 14.2 Å². The highest BCUT2D eigenvalue weighted by molar-refractivity contribution is 6.01. The van der Waals surface area contributed by atoms with Gasteiger partial charge in [-0.05, 0) is 24.5 Å². The van der Waals surface area contributed by atoms with Crippen LogP contribution in [0.1, 0.15) is 19.8 Å². The fraction of sp³-hybridized carbons (Fsp3) is 0.500. The smallest absolute Gasteiger partial charge is 0.323 e. The highest BCUT2D eigenvalue weighted by Crippen LogP contribution is 2.46. The second-order valence-corrected chi connectivity index (χ2v) is 4.55. The van der Waals surface area contributed by atoms with Crippen LogP contribution in [-0.2, 0) is 28.6 Å². The van der Waals surface area contributed by atoms with Crippen molar-refractivity contribution >= 4 is 17.9 Å². The van der Waals surface area contributed by atoms with E-state index >= 15 is 0 Å². The Kier molecular flexibility index (Phi) is 5.07. The van der Waals surface area contributed by atoms with Crippen molar-refractivity contribution in [1.29, 1.82) is 0 Å². The molecule has 0 bridgehead atoms. The summed E-state index contributed by atoms with van der Waals surface area (Å²) in [6.45, 7) is 5.21. The topological polar surface area (TPSA) is 78.9 Å². The number of hydrogen-bond donors (Lipinski definition) is 0. The number of hydrogen-bond acceptors (Lipinski definition) is 6. The molecule has 110 valence electrons. The first-order valence-electron chi connectivity index (χ1n) is 6.04. The van der Waals surface area contributed by atoms with Crippen molar-refractivity contribution in [2.45, 2.75) is 19.8 Å². The summed E-state index contributed by atoms with van der Waals surface area (Å²) in [5.74, 6) is -1.71. The predicted molar refractivity (Wildman–Crippen MR) is 69.6 cm³/mol. The SMILES string of the molecule is C=C1CC(C(=O)OC)(C(=O)OC)C/C1=C/COC(C)=O. The fourth-order valence-electron chi connectivity index (χ4n) is 2.23. The number of carbonyl (C=O) groups is 3. The fourth-order valence-corrected chi connectivity index (χ4v) is 2.23. The number of ether oxygens (including phenoxy) is 3. The molecule has 1 fully saturated rings. The lowest BCUT2D eigenvalue weighted by Gasteiger charge is -2.21. The average Bonchev–Trinajstić information content (AvgIpc) is 2.75. The predicted octanol–water partition coefficient (Wildman–Crippen LogP) is 1.16. The van der Waals surface area contributed by atoms with Gasteiger partial charge in [0.05, 0.1) is 14.2 Å². The lowest BCUT2D eigenvalue weighted by molar-refractivity contribution is -0.168. The lowest BCUT2D eigenvalue weighted by Crippen LogP contribution is -2.38. The van der Waals surface area contributed by atoms with Gasteiger partial charge in [-0.1, -0.05) is 12.2 Å². The summed E-state index contributed by atoms with van der Waals surface area (Å²) in [7, 11) is 2.44. The molecule has 6 heteroatoms. The minimum Gasteiger partial charge on any atom is -0.468 e. The minimum absolute atomic E-state index is 0.0715. The molecular weight excluding hydrogens is 264 g/mol. The molecule has 1 rings (SSSR count). The number of carbonyl (C=O) groups excluding carboxylic acids is 3. The molecule has 0 aliphatic heterocycles. The van der Waals surface area contributed by atoms with Gasteiger partial charge in [-0.15, -0.1) is 0 Å². The van der Waals surface area contributed by atoms with E-state index in [1.165, 1.54) is 21.1 Å². The molecule has 0 spiro atoms. The van der Waals surface area contributed by atoms with E-state index in [1.54, 1.807) is 6.08 Å². The van der Waals surface area contributed by atoms with Crippen LogP contribution in [0, 0.1) is 5.41 Å². The summed E-state index contributed by atoms with van der Waals surface area (Å²) >= 11 is 0. The quantitative estimate of drug-likeness (QED) is 0.437. The zero-order valence-electron chi connectivity index (χ0n) is 11.9. The third-order valence-corrected chi connectivity index (χ3v) is 3.23. The Morgan fingerprint density at radius 1 is 1.20 bits per heavy atom. The van der Waals surface area contributed by atoms with Gasteiger partial charge >= 0.3 is 17.9 Å². The molecule has 0 aromatic rings. The van der Waals surface area contributed by atoms with Gasteiger partial charge in [-0.25, -0.2) is 0 Å². The maximum atomic E-state index is 11.9. The lowest BCUT2D eigenvalue weighted by atomic mass is 9.86. The Labute approximate surface area is 117 Å². The molecule has 0 N–H and O–H groups in total. The van der Waals surface area contributed by atoms with Gasteiger partial charge in [0.25, 0.3) is 0 Å². The third kappa shape index (κ3) is 3.07. The van der Waals surface area contributed by atoms with E-state index in [0.717, 1.165) is 0 Å². The summed E-state index contributed by atoms with van der Waals surface area (Å²) < 4.78 is 14.2. The molecule has 0 saturated heterocycles. The summed E-state index contributed by atoms with van der Waals surface area (Å²) in [5.41, 5.74) is -0.0576. The van der Waals surface area contributed by atoms with Crippen LogP contribution < -0.4 is 0 Å². The summed E-state index contributed by atoms with van der Waals surface area (Å²) in [6.07, 6.45) is 1.90. The largest absolute Gasteiger partial charge is 0.468 e. The maximum Gasteiger partial charge on any atom is 0.323 e. The number of esters is 3. The molecule has 0 heterocycles. The molecule has 1 aliphatic carbocycles. The van der Waals surface area contributed by atoms with Gasteiger partial charge in [-0.3, -0.25) is 14.4 Å². The zero-order valence-corrected chi connectivity index (χ0v) is 11.9. The normalized spacial score (nSPS) is 18.8. The van der Waals surface area contributed by atoms with Gasteiger partial charge in [-0.2, -0.15) is 0 Å². The summed E-state index contributed by atoms with van der Waals surface area (Å²) in [4.78, 5) is 34.6. The Morgan fingerprint density at radius 3 is 2.20 bits per heavy atom. The molecule has 0 unspecified atom stereocenters. The highest BCUT2D eigenvalue weighted by atomic mass is 16.5.